The van der Waals surface area contributed by atoms with Crippen LogP contribution < -0.4 is 0 Å². The Balaban J connectivity index is 2.59. The van der Waals surface area contributed by atoms with Crippen molar-refractivity contribution < 1.29 is 9.18 Å². The lowest BCUT2D eigenvalue weighted by Gasteiger charge is -2.16. The Morgan fingerprint density at radius 1 is 1.35 bits per heavy atom. The van der Waals surface area contributed by atoms with Gasteiger partial charge in [-0.1, -0.05) is 26.8 Å². The van der Waals surface area contributed by atoms with Gasteiger partial charge in [0.15, 0.2) is 0 Å². The molecule has 0 aliphatic carbocycles. The summed E-state index contributed by atoms with van der Waals surface area (Å²) < 4.78 is 13.1. The summed E-state index contributed by atoms with van der Waals surface area (Å²) in [6.07, 6.45) is 0.326. The number of ketones is 1. The Morgan fingerprint density at radius 2 is 2.00 bits per heavy atom. The largest absolute Gasteiger partial charge is 0.298 e. The van der Waals surface area contributed by atoms with Crippen molar-refractivity contribution in [2.45, 2.75) is 38.9 Å². The first kappa shape index (κ1) is 14.2. The van der Waals surface area contributed by atoms with Crippen molar-refractivity contribution in [3.05, 3.63) is 35.1 Å². The van der Waals surface area contributed by atoms with Crippen LogP contribution in [0.3, 0.4) is 0 Å². The maximum absolute atomic E-state index is 13.1. The second-order valence-corrected chi connectivity index (χ2v) is 6.99. The molecule has 0 bridgehead atoms. The van der Waals surface area contributed by atoms with Crippen LogP contribution in [0.5, 0.6) is 0 Å². The van der Waals surface area contributed by atoms with Gasteiger partial charge < -0.3 is 0 Å². The monoisotopic (exact) mass is 254 g/mol. The number of benzene rings is 1. The van der Waals surface area contributed by atoms with Gasteiger partial charge in [0.05, 0.1) is 5.75 Å². The number of carbonyl (C=O) groups excluding carboxylic acids is 1. The molecule has 0 spiro atoms. The standard InChI is InChI=1S/C14H19FOS/c1-10-5-6-12(15)7-11(10)8-13(16)9-17-14(2,3)4/h5-7H,8-9H2,1-4H3. The predicted molar refractivity (Wildman–Crippen MR) is 72.1 cm³/mol. The third-order valence-electron chi connectivity index (χ3n) is 2.36. The highest BCUT2D eigenvalue weighted by Gasteiger charge is 2.14. The van der Waals surface area contributed by atoms with Gasteiger partial charge in [0.2, 0.25) is 0 Å². The molecule has 1 aromatic carbocycles. The molecule has 0 heterocycles. The van der Waals surface area contributed by atoms with E-state index in [4.69, 9.17) is 0 Å². The molecule has 1 aromatic rings. The van der Waals surface area contributed by atoms with Gasteiger partial charge in [-0.25, -0.2) is 4.39 Å². The van der Waals surface area contributed by atoms with Crippen LogP contribution in [-0.4, -0.2) is 16.3 Å². The molecule has 0 saturated carbocycles. The van der Waals surface area contributed by atoms with Crippen molar-refractivity contribution in [3.63, 3.8) is 0 Å². The Labute approximate surface area is 107 Å². The minimum atomic E-state index is -0.276. The molecule has 1 rings (SSSR count). The Morgan fingerprint density at radius 3 is 2.59 bits per heavy atom. The van der Waals surface area contributed by atoms with E-state index in [-0.39, 0.29) is 16.3 Å². The number of thioether (sulfide) groups is 1. The van der Waals surface area contributed by atoms with Gasteiger partial charge in [-0.3, -0.25) is 4.79 Å². The first-order valence-corrected chi connectivity index (χ1v) is 6.67. The maximum atomic E-state index is 13.1. The lowest BCUT2D eigenvalue weighted by atomic mass is 10.0. The lowest BCUT2D eigenvalue weighted by Crippen LogP contribution is -2.14. The SMILES string of the molecule is Cc1ccc(F)cc1CC(=O)CSC(C)(C)C. The molecule has 94 valence electrons. The third kappa shape index (κ3) is 5.35. The summed E-state index contributed by atoms with van der Waals surface area (Å²) in [5.41, 5.74) is 1.77. The number of rotatable bonds is 4. The van der Waals surface area contributed by atoms with Gasteiger partial charge in [-0.05, 0) is 30.2 Å². The molecule has 0 atom stereocenters. The number of hydrogen-bond acceptors (Lipinski definition) is 2. The zero-order valence-electron chi connectivity index (χ0n) is 10.8. The summed E-state index contributed by atoms with van der Waals surface area (Å²) >= 11 is 1.63. The van der Waals surface area contributed by atoms with Gasteiger partial charge in [-0.2, -0.15) is 0 Å². The second kappa shape index (κ2) is 5.67. The highest BCUT2D eigenvalue weighted by Crippen LogP contribution is 2.23. The summed E-state index contributed by atoms with van der Waals surface area (Å²) in [4.78, 5) is 11.8. The summed E-state index contributed by atoms with van der Waals surface area (Å²) in [5, 5.41) is 0. The van der Waals surface area contributed by atoms with E-state index in [1.165, 1.54) is 12.1 Å². The summed E-state index contributed by atoms with van der Waals surface area (Å²) in [6.45, 7) is 8.15. The minimum Gasteiger partial charge on any atom is -0.298 e. The minimum absolute atomic E-state index is 0.0899. The van der Waals surface area contributed by atoms with Crippen LogP contribution in [0, 0.1) is 12.7 Å². The third-order valence-corrected chi connectivity index (χ3v) is 3.70. The van der Waals surface area contributed by atoms with E-state index in [1.54, 1.807) is 17.8 Å². The number of carbonyl (C=O) groups is 1. The highest BCUT2D eigenvalue weighted by molar-refractivity contribution is 8.01. The average Bonchev–Trinajstić information content (AvgIpc) is 2.20. The molecule has 0 saturated heterocycles. The van der Waals surface area contributed by atoms with Crippen LogP contribution in [0.2, 0.25) is 0 Å². The molecule has 1 nitrogen and oxygen atoms in total. The summed E-state index contributed by atoms with van der Waals surface area (Å²) in [6, 6.07) is 4.59. The van der Waals surface area contributed by atoms with Gasteiger partial charge in [0.1, 0.15) is 11.6 Å². The van der Waals surface area contributed by atoms with Gasteiger partial charge in [0, 0.05) is 11.2 Å². The topological polar surface area (TPSA) is 17.1 Å². The number of aryl methyl sites for hydroxylation is 1. The molecular formula is C14H19FOS. The van der Waals surface area contributed by atoms with E-state index in [2.05, 4.69) is 20.8 Å². The molecule has 0 radical (unpaired) electrons. The van der Waals surface area contributed by atoms with Crippen molar-refractivity contribution in [3.8, 4) is 0 Å². The van der Waals surface area contributed by atoms with Crippen LogP contribution in [0.25, 0.3) is 0 Å². The molecule has 0 unspecified atom stereocenters. The van der Waals surface area contributed by atoms with E-state index >= 15 is 0 Å². The molecular weight excluding hydrogens is 235 g/mol. The molecule has 0 aromatic heterocycles. The van der Waals surface area contributed by atoms with Gasteiger partial charge >= 0.3 is 0 Å². The molecule has 0 aliphatic heterocycles. The normalized spacial score (nSPS) is 11.6. The van der Waals surface area contributed by atoms with E-state index in [1.807, 2.05) is 6.92 Å². The molecule has 17 heavy (non-hydrogen) atoms. The van der Waals surface area contributed by atoms with Crippen molar-refractivity contribution in [2.75, 3.05) is 5.75 Å². The van der Waals surface area contributed by atoms with Crippen LogP contribution in [0.1, 0.15) is 31.9 Å². The Bertz CT molecular complexity index is 407. The van der Waals surface area contributed by atoms with Crippen LogP contribution in [-0.2, 0) is 11.2 Å². The van der Waals surface area contributed by atoms with E-state index in [9.17, 15) is 9.18 Å². The lowest BCUT2D eigenvalue weighted by molar-refractivity contribution is -0.116. The van der Waals surface area contributed by atoms with Gasteiger partial charge in [0.25, 0.3) is 0 Å². The van der Waals surface area contributed by atoms with Crippen molar-refractivity contribution in [1.29, 1.82) is 0 Å². The highest BCUT2D eigenvalue weighted by atomic mass is 32.2. The van der Waals surface area contributed by atoms with Crippen LogP contribution in [0.4, 0.5) is 4.39 Å². The fraction of sp³-hybridized carbons (Fsp3) is 0.500. The van der Waals surface area contributed by atoms with Crippen molar-refractivity contribution in [1.82, 2.24) is 0 Å². The quantitative estimate of drug-likeness (QED) is 0.813. The number of halogens is 1. The molecule has 3 heteroatoms. The predicted octanol–water partition coefficient (Wildman–Crippen LogP) is 3.78. The first-order chi connectivity index (χ1) is 7.78. The molecule has 0 fully saturated rings. The molecule has 0 N–H and O–H groups in total. The van der Waals surface area contributed by atoms with E-state index < -0.39 is 0 Å². The van der Waals surface area contributed by atoms with Crippen LogP contribution >= 0.6 is 11.8 Å². The molecule has 0 aliphatic rings. The van der Waals surface area contributed by atoms with Crippen molar-refractivity contribution >= 4 is 17.5 Å². The number of hydrogen-bond donors (Lipinski definition) is 0. The smallest absolute Gasteiger partial charge is 0.147 e. The van der Waals surface area contributed by atoms with E-state index in [0.717, 1.165) is 11.1 Å². The fourth-order valence-electron chi connectivity index (χ4n) is 1.39. The van der Waals surface area contributed by atoms with Gasteiger partial charge in [-0.15, -0.1) is 11.8 Å². The zero-order valence-corrected chi connectivity index (χ0v) is 11.7. The first-order valence-electron chi connectivity index (χ1n) is 5.68. The molecule has 0 amide bonds. The fourth-order valence-corrected chi connectivity index (χ4v) is 2.09. The summed E-state index contributed by atoms with van der Waals surface area (Å²) in [7, 11) is 0. The average molecular weight is 254 g/mol. The Kier molecular flexibility index (Phi) is 4.75. The van der Waals surface area contributed by atoms with Crippen LogP contribution in [0.15, 0.2) is 18.2 Å². The zero-order chi connectivity index (χ0) is 13.1. The van der Waals surface area contributed by atoms with E-state index in [0.29, 0.717) is 12.2 Å². The second-order valence-electron chi connectivity index (χ2n) is 5.19. The maximum Gasteiger partial charge on any atom is 0.147 e. The Hall–Kier alpha value is -0.830. The number of Topliss-reactive ketones (excluding diaryl/α,β-unsaturated/α-hetero) is 1. The summed E-state index contributed by atoms with van der Waals surface area (Å²) in [5.74, 6) is 0.361. The van der Waals surface area contributed by atoms with Crippen molar-refractivity contribution in [2.24, 2.45) is 0 Å².